The predicted molar refractivity (Wildman–Crippen MR) is 76.9 cm³/mol. The van der Waals surface area contributed by atoms with Crippen molar-refractivity contribution < 1.29 is 23.1 Å². The van der Waals surface area contributed by atoms with Crippen LogP contribution in [0.2, 0.25) is 0 Å². The van der Waals surface area contributed by atoms with Crippen molar-refractivity contribution in [2.24, 2.45) is 0 Å². The number of sulfone groups is 1. The third kappa shape index (κ3) is 3.61. The molecule has 1 aliphatic heterocycles. The lowest BCUT2D eigenvalue weighted by molar-refractivity contribution is 0.0264. The maximum Gasteiger partial charge on any atom is 0.252 e. The van der Waals surface area contributed by atoms with Crippen molar-refractivity contribution in [3.05, 3.63) is 29.8 Å². The molecule has 1 atom stereocenters. The zero-order valence-corrected chi connectivity index (χ0v) is 12.6. The molecule has 116 valence electrons. The van der Waals surface area contributed by atoms with Crippen molar-refractivity contribution in [1.29, 1.82) is 0 Å². The number of benzene rings is 1. The molecule has 0 spiro atoms. The van der Waals surface area contributed by atoms with E-state index in [0.29, 0.717) is 13.0 Å². The van der Waals surface area contributed by atoms with Crippen LogP contribution >= 0.6 is 0 Å². The Morgan fingerprint density at radius 2 is 2.14 bits per heavy atom. The van der Waals surface area contributed by atoms with Crippen LogP contribution in [0.3, 0.4) is 0 Å². The van der Waals surface area contributed by atoms with Crippen LogP contribution in [0.1, 0.15) is 23.7 Å². The molecule has 0 aromatic heterocycles. The summed E-state index contributed by atoms with van der Waals surface area (Å²) < 4.78 is 29.1. The quantitative estimate of drug-likeness (QED) is 0.819. The lowest BCUT2D eigenvalue weighted by Gasteiger charge is -2.21. The van der Waals surface area contributed by atoms with Crippen molar-refractivity contribution in [1.82, 2.24) is 5.32 Å². The molecular formula is C14H19NO5S. The molecule has 2 rings (SSSR count). The van der Waals surface area contributed by atoms with Crippen LogP contribution in [-0.4, -0.2) is 50.5 Å². The predicted octanol–water partition coefficient (Wildman–Crippen LogP) is 0.361. The van der Waals surface area contributed by atoms with Crippen molar-refractivity contribution >= 4 is 15.7 Å². The zero-order valence-electron chi connectivity index (χ0n) is 11.8. The minimum atomic E-state index is -3.47. The van der Waals surface area contributed by atoms with E-state index >= 15 is 0 Å². The average molecular weight is 313 g/mol. The van der Waals surface area contributed by atoms with E-state index < -0.39 is 21.3 Å². The van der Waals surface area contributed by atoms with Gasteiger partial charge in [-0.2, -0.15) is 0 Å². The van der Waals surface area contributed by atoms with Crippen LogP contribution in [0.15, 0.2) is 29.2 Å². The average Bonchev–Trinajstić information content (AvgIpc) is 2.92. The van der Waals surface area contributed by atoms with Crippen molar-refractivity contribution in [2.45, 2.75) is 23.8 Å². The maximum absolute atomic E-state index is 12.2. The molecule has 0 radical (unpaired) electrons. The largest absolute Gasteiger partial charge is 0.386 e. The Labute approximate surface area is 124 Å². The van der Waals surface area contributed by atoms with E-state index in [1.54, 1.807) is 12.1 Å². The van der Waals surface area contributed by atoms with E-state index in [1.165, 1.54) is 19.1 Å². The summed E-state index contributed by atoms with van der Waals surface area (Å²) in [7, 11) is -3.47. The van der Waals surface area contributed by atoms with Crippen LogP contribution in [0.25, 0.3) is 0 Å². The van der Waals surface area contributed by atoms with E-state index in [2.05, 4.69) is 5.32 Å². The number of aliphatic hydroxyl groups is 1. The number of nitrogens with one attached hydrogen (secondary N) is 1. The number of carbonyl (C=O) groups excluding carboxylic acids is 1. The van der Waals surface area contributed by atoms with Gasteiger partial charge in [0.15, 0.2) is 9.84 Å². The number of ether oxygens (including phenoxy) is 1. The van der Waals surface area contributed by atoms with Crippen molar-refractivity contribution in [3.63, 3.8) is 0 Å². The molecule has 1 unspecified atom stereocenters. The summed E-state index contributed by atoms with van der Waals surface area (Å²) in [5.41, 5.74) is -0.976. The Morgan fingerprint density at radius 1 is 1.43 bits per heavy atom. The van der Waals surface area contributed by atoms with Gasteiger partial charge in [0.05, 0.1) is 22.8 Å². The van der Waals surface area contributed by atoms with Gasteiger partial charge >= 0.3 is 0 Å². The zero-order chi connectivity index (χ0) is 15.5. The highest BCUT2D eigenvalue weighted by Crippen LogP contribution is 2.19. The first-order valence-corrected chi connectivity index (χ1v) is 8.43. The molecular weight excluding hydrogens is 294 g/mol. The second-order valence-electron chi connectivity index (χ2n) is 5.11. The number of hydrogen-bond donors (Lipinski definition) is 2. The molecule has 6 nitrogen and oxygen atoms in total. The topological polar surface area (TPSA) is 92.7 Å². The summed E-state index contributed by atoms with van der Waals surface area (Å²) in [6, 6.07) is 6.07. The van der Waals surface area contributed by atoms with Crippen molar-refractivity contribution in [2.75, 3.05) is 25.5 Å². The minimum Gasteiger partial charge on any atom is -0.386 e. The number of amides is 1. The van der Waals surface area contributed by atoms with Crippen LogP contribution in [0, 0.1) is 0 Å². The van der Waals surface area contributed by atoms with Gasteiger partial charge in [-0.25, -0.2) is 8.42 Å². The van der Waals surface area contributed by atoms with Crippen LogP contribution < -0.4 is 5.32 Å². The van der Waals surface area contributed by atoms with Crippen LogP contribution in [-0.2, 0) is 14.6 Å². The first kappa shape index (κ1) is 15.9. The summed E-state index contributed by atoms with van der Waals surface area (Å²) in [5.74, 6) is -0.585. The molecule has 7 heteroatoms. The monoisotopic (exact) mass is 313 g/mol. The molecule has 0 saturated carbocycles. The number of rotatable bonds is 5. The minimum absolute atomic E-state index is 0.0136. The molecule has 1 heterocycles. The molecule has 1 aromatic rings. The normalized spacial score (nSPS) is 22.2. The highest BCUT2D eigenvalue weighted by molar-refractivity contribution is 7.91. The fraction of sp³-hybridized carbons (Fsp3) is 0.500. The molecule has 21 heavy (non-hydrogen) atoms. The first-order chi connectivity index (χ1) is 9.88. The van der Waals surface area contributed by atoms with E-state index in [1.807, 2.05) is 0 Å². The Bertz CT molecular complexity index is 620. The van der Waals surface area contributed by atoms with E-state index in [-0.39, 0.29) is 29.4 Å². The van der Waals surface area contributed by atoms with E-state index in [9.17, 15) is 18.3 Å². The lowest BCUT2D eigenvalue weighted by Crippen LogP contribution is -2.43. The summed E-state index contributed by atoms with van der Waals surface area (Å²) in [6.07, 6.45) is 0.447. The van der Waals surface area contributed by atoms with Gasteiger partial charge in [0.1, 0.15) is 5.60 Å². The third-order valence-corrected chi connectivity index (χ3v) is 5.29. The molecule has 1 aromatic carbocycles. The molecule has 1 amide bonds. The SMILES string of the molecule is CCS(=O)(=O)c1ccccc1C(=O)NCC1(O)CCOC1. The second-order valence-corrected chi connectivity index (χ2v) is 7.36. The Kier molecular flexibility index (Phi) is 4.65. The third-order valence-electron chi connectivity index (χ3n) is 3.51. The molecule has 1 fully saturated rings. The summed E-state index contributed by atoms with van der Waals surface area (Å²) in [4.78, 5) is 12.2. The van der Waals surface area contributed by atoms with Crippen LogP contribution in [0.4, 0.5) is 0 Å². The lowest BCUT2D eigenvalue weighted by atomic mass is 10.0. The highest BCUT2D eigenvalue weighted by atomic mass is 32.2. The van der Waals surface area contributed by atoms with Gasteiger partial charge in [0.25, 0.3) is 5.91 Å². The standard InChI is InChI=1S/C14H19NO5S/c1-2-21(18,19)12-6-4-3-5-11(12)13(16)15-9-14(17)7-8-20-10-14/h3-6,17H,2,7-10H2,1H3,(H,15,16). The fourth-order valence-corrected chi connectivity index (χ4v) is 3.25. The Hall–Kier alpha value is -1.44. The highest BCUT2D eigenvalue weighted by Gasteiger charge is 2.33. The summed E-state index contributed by atoms with van der Waals surface area (Å²) in [6.45, 7) is 2.18. The van der Waals surface area contributed by atoms with Crippen molar-refractivity contribution in [3.8, 4) is 0 Å². The molecule has 2 N–H and O–H groups in total. The maximum atomic E-state index is 12.2. The van der Waals surface area contributed by atoms with Gasteiger partial charge < -0.3 is 15.2 Å². The Balaban J connectivity index is 2.16. The van der Waals surface area contributed by atoms with Gasteiger partial charge in [-0.1, -0.05) is 19.1 Å². The first-order valence-electron chi connectivity index (χ1n) is 6.78. The van der Waals surface area contributed by atoms with Gasteiger partial charge in [0, 0.05) is 19.6 Å². The second kappa shape index (κ2) is 6.13. The van der Waals surface area contributed by atoms with E-state index in [4.69, 9.17) is 4.74 Å². The fourth-order valence-electron chi connectivity index (χ4n) is 2.16. The number of carbonyl (C=O) groups is 1. The molecule has 1 saturated heterocycles. The van der Waals surface area contributed by atoms with Gasteiger partial charge in [-0.05, 0) is 12.1 Å². The van der Waals surface area contributed by atoms with Crippen LogP contribution in [0.5, 0.6) is 0 Å². The van der Waals surface area contributed by atoms with Gasteiger partial charge in [-0.15, -0.1) is 0 Å². The molecule has 0 bridgehead atoms. The van der Waals surface area contributed by atoms with Gasteiger partial charge in [0.2, 0.25) is 0 Å². The summed E-state index contributed by atoms with van der Waals surface area (Å²) >= 11 is 0. The molecule has 0 aliphatic carbocycles. The Morgan fingerprint density at radius 3 is 2.76 bits per heavy atom. The van der Waals surface area contributed by atoms with E-state index in [0.717, 1.165) is 0 Å². The van der Waals surface area contributed by atoms with Gasteiger partial charge in [-0.3, -0.25) is 4.79 Å². The summed E-state index contributed by atoms with van der Waals surface area (Å²) in [5, 5.41) is 12.7. The smallest absolute Gasteiger partial charge is 0.252 e. The number of hydrogen-bond acceptors (Lipinski definition) is 5. The molecule has 1 aliphatic rings.